The Bertz CT molecular complexity index is 1170. The first-order valence-electron chi connectivity index (χ1n) is 12.5. The Morgan fingerprint density at radius 1 is 1.21 bits per heavy atom. The number of piperidine rings is 1. The first kappa shape index (κ1) is 23.2. The quantitative estimate of drug-likeness (QED) is 0.571. The Labute approximate surface area is 201 Å². The van der Waals surface area contributed by atoms with Gasteiger partial charge in [0, 0.05) is 18.1 Å². The molecule has 34 heavy (non-hydrogen) atoms. The summed E-state index contributed by atoms with van der Waals surface area (Å²) in [5, 5.41) is 19.3. The first-order chi connectivity index (χ1) is 16.4. The number of hydrogen-bond acceptors (Lipinski definition) is 7. The van der Waals surface area contributed by atoms with E-state index in [1.165, 1.54) is 11.1 Å². The number of likely N-dealkylation sites (tertiary alicyclic amines) is 1. The molecule has 2 atom stereocenters. The molecule has 1 aromatic carbocycles. The van der Waals surface area contributed by atoms with Gasteiger partial charge in [-0.1, -0.05) is 6.92 Å². The van der Waals surface area contributed by atoms with Gasteiger partial charge in [-0.3, -0.25) is 9.58 Å². The van der Waals surface area contributed by atoms with Gasteiger partial charge < -0.3 is 15.2 Å². The van der Waals surface area contributed by atoms with Gasteiger partial charge in [0.15, 0.2) is 0 Å². The molecule has 0 saturated carbocycles. The molecule has 0 spiro atoms. The summed E-state index contributed by atoms with van der Waals surface area (Å²) in [5.41, 5.74) is 5.40. The highest BCUT2D eigenvalue weighted by Gasteiger charge is 2.44. The SMILES string of the molecule is CCCn1ncc(Nc2ncc3cc(C)c(C4CCN(C5(C)COC[C@@H]5O)CC4)cc3n2)c1C. The monoisotopic (exact) mass is 464 g/mol. The number of anilines is 2. The van der Waals surface area contributed by atoms with Gasteiger partial charge in [0.25, 0.3) is 0 Å². The van der Waals surface area contributed by atoms with Crippen LogP contribution in [0.5, 0.6) is 0 Å². The number of ether oxygens (including phenoxy) is 1. The number of aliphatic hydroxyl groups excluding tert-OH is 1. The maximum absolute atomic E-state index is 10.4. The molecular weight excluding hydrogens is 428 g/mol. The highest BCUT2D eigenvalue weighted by atomic mass is 16.5. The van der Waals surface area contributed by atoms with Crippen LogP contribution in [0.1, 0.15) is 55.8 Å². The molecule has 0 bridgehead atoms. The van der Waals surface area contributed by atoms with E-state index in [-0.39, 0.29) is 5.54 Å². The lowest BCUT2D eigenvalue weighted by molar-refractivity contribution is -0.00214. The molecule has 8 nitrogen and oxygen atoms in total. The lowest BCUT2D eigenvalue weighted by atomic mass is 9.84. The molecular formula is C26H36N6O2. The van der Waals surface area contributed by atoms with Gasteiger partial charge in [-0.2, -0.15) is 5.10 Å². The van der Waals surface area contributed by atoms with Crippen molar-refractivity contribution in [2.24, 2.45) is 0 Å². The van der Waals surface area contributed by atoms with Gasteiger partial charge in [0.2, 0.25) is 5.95 Å². The van der Waals surface area contributed by atoms with E-state index in [1.807, 2.05) is 17.1 Å². The minimum atomic E-state index is -0.410. The van der Waals surface area contributed by atoms with Crippen molar-refractivity contribution in [3.8, 4) is 0 Å². The summed E-state index contributed by atoms with van der Waals surface area (Å²) in [7, 11) is 0. The zero-order chi connectivity index (χ0) is 23.9. The van der Waals surface area contributed by atoms with Gasteiger partial charge in [-0.15, -0.1) is 0 Å². The van der Waals surface area contributed by atoms with Crippen LogP contribution in [0.15, 0.2) is 24.5 Å². The normalized spacial score (nSPS) is 24.2. The predicted octanol–water partition coefficient (Wildman–Crippen LogP) is 3.93. The summed E-state index contributed by atoms with van der Waals surface area (Å²) >= 11 is 0. The third-order valence-corrected chi connectivity index (χ3v) is 7.80. The number of aliphatic hydroxyl groups is 1. The largest absolute Gasteiger partial charge is 0.389 e. The van der Waals surface area contributed by atoms with Crippen LogP contribution < -0.4 is 5.32 Å². The van der Waals surface area contributed by atoms with Crippen molar-refractivity contribution in [3.63, 3.8) is 0 Å². The van der Waals surface area contributed by atoms with Gasteiger partial charge >= 0.3 is 0 Å². The number of benzene rings is 1. The van der Waals surface area contributed by atoms with Crippen molar-refractivity contribution in [1.82, 2.24) is 24.6 Å². The summed E-state index contributed by atoms with van der Waals surface area (Å²) < 4.78 is 7.57. The molecule has 2 N–H and O–H groups in total. The number of aromatic nitrogens is 4. The van der Waals surface area contributed by atoms with Crippen LogP contribution in [-0.4, -0.2) is 67.7 Å². The van der Waals surface area contributed by atoms with Crippen molar-refractivity contribution in [2.75, 3.05) is 31.6 Å². The molecule has 2 aliphatic rings. The lowest BCUT2D eigenvalue weighted by Crippen LogP contribution is -2.56. The standard InChI is InChI=1S/C26H36N6O2/c1-5-8-32-18(3)23(14-28-32)30-25-27-13-20-11-17(2)21(12-22(20)29-25)19-6-9-31(10-7-19)26(4)16-34-15-24(26)33/h11-14,19,24,33H,5-10,15-16H2,1-4H3,(H,27,29,30)/t24-,26?/m0/s1. The summed E-state index contributed by atoms with van der Waals surface area (Å²) in [5.74, 6) is 1.09. The number of nitrogens with one attached hydrogen (secondary N) is 1. The summed E-state index contributed by atoms with van der Waals surface area (Å²) in [6.45, 7) is 12.4. The summed E-state index contributed by atoms with van der Waals surface area (Å²) in [6, 6.07) is 4.46. The fourth-order valence-corrected chi connectivity index (χ4v) is 5.49. The number of rotatable bonds is 6. The van der Waals surface area contributed by atoms with E-state index in [0.717, 1.165) is 61.2 Å². The van der Waals surface area contributed by atoms with E-state index < -0.39 is 6.10 Å². The zero-order valence-electron chi connectivity index (χ0n) is 20.7. The molecule has 3 aromatic rings. The first-order valence-corrected chi connectivity index (χ1v) is 12.5. The fourth-order valence-electron chi connectivity index (χ4n) is 5.49. The Hall–Kier alpha value is -2.55. The maximum Gasteiger partial charge on any atom is 0.227 e. The van der Waals surface area contributed by atoms with Gasteiger partial charge in [-0.25, -0.2) is 9.97 Å². The number of aryl methyl sites for hydroxylation is 2. The summed E-state index contributed by atoms with van der Waals surface area (Å²) in [4.78, 5) is 11.8. The minimum absolute atomic E-state index is 0.264. The number of fused-ring (bicyclic) bond motifs is 1. The van der Waals surface area contributed by atoms with Gasteiger partial charge in [0.1, 0.15) is 0 Å². The molecule has 2 aromatic heterocycles. The van der Waals surface area contributed by atoms with E-state index in [2.05, 4.69) is 60.1 Å². The van der Waals surface area contributed by atoms with Crippen LogP contribution in [0.25, 0.3) is 10.9 Å². The Morgan fingerprint density at radius 3 is 2.71 bits per heavy atom. The van der Waals surface area contributed by atoms with Crippen molar-refractivity contribution in [3.05, 3.63) is 41.3 Å². The molecule has 1 unspecified atom stereocenters. The Balaban J connectivity index is 1.34. The smallest absolute Gasteiger partial charge is 0.227 e. The van der Waals surface area contributed by atoms with E-state index in [4.69, 9.17) is 9.72 Å². The van der Waals surface area contributed by atoms with E-state index in [0.29, 0.717) is 25.1 Å². The second-order valence-electron chi connectivity index (χ2n) is 10.1. The molecule has 8 heteroatoms. The average Bonchev–Trinajstić information content (AvgIpc) is 3.36. The molecule has 0 amide bonds. The second-order valence-corrected chi connectivity index (χ2v) is 10.1. The average molecular weight is 465 g/mol. The molecule has 5 rings (SSSR count). The lowest BCUT2D eigenvalue weighted by Gasteiger charge is -2.43. The van der Waals surface area contributed by atoms with Gasteiger partial charge in [-0.05, 0) is 82.3 Å². The molecule has 2 fully saturated rings. The van der Waals surface area contributed by atoms with Crippen LogP contribution in [-0.2, 0) is 11.3 Å². The van der Waals surface area contributed by atoms with Crippen LogP contribution in [0, 0.1) is 13.8 Å². The number of hydrogen-bond donors (Lipinski definition) is 2. The third-order valence-electron chi connectivity index (χ3n) is 7.80. The molecule has 182 valence electrons. The Morgan fingerprint density at radius 2 is 2.00 bits per heavy atom. The topological polar surface area (TPSA) is 88.3 Å². The third kappa shape index (κ3) is 4.19. The Kier molecular flexibility index (Phi) is 6.31. The molecule has 0 aliphatic carbocycles. The van der Waals surface area contributed by atoms with Crippen molar-refractivity contribution < 1.29 is 9.84 Å². The predicted molar refractivity (Wildman–Crippen MR) is 134 cm³/mol. The molecule has 4 heterocycles. The minimum Gasteiger partial charge on any atom is -0.389 e. The summed E-state index contributed by atoms with van der Waals surface area (Å²) in [6.07, 6.45) is 6.52. The van der Waals surface area contributed by atoms with Crippen LogP contribution >= 0.6 is 0 Å². The molecule has 2 saturated heterocycles. The second kappa shape index (κ2) is 9.24. The van der Waals surface area contributed by atoms with Crippen LogP contribution in [0.4, 0.5) is 11.6 Å². The van der Waals surface area contributed by atoms with Gasteiger partial charge in [0.05, 0.1) is 48.0 Å². The van der Waals surface area contributed by atoms with Crippen molar-refractivity contribution in [2.45, 2.75) is 71.1 Å². The number of nitrogens with zero attached hydrogens (tertiary/aromatic N) is 5. The van der Waals surface area contributed by atoms with E-state index in [9.17, 15) is 5.11 Å². The zero-order valence-corrected chi connectivity index (χ0v) is 20.7. The maximum atomic E-state index is 10.4. The molecule has 0 radical (unpaired) electrons. The van der Waals surface area contributed by atoms with E-state index >= 15 is 0 Å². The molecule has 2 aliphatic heterocycles. The van der Waals surface area contributed by atoms with Crippen LogP contribution in [0.2, 0.25) is 0 Å². The van der Waals surface area contributed by atoms with Crippen molar-refractivity contribution >= 4 is 22.5 Å². The van der Waals surface area contributed by atoms with E-state index in [1.54, 1.807) is 0 Å². The van der Waals surface area contributed by atoms with Crippen LogP contribution in [0.3, 0.4) is 0 Å². The fraction of sp³-hybridized carbons (Fsp3) is 0.577. The van der Waals surface area contributed by atoms with Crippen molar-refractivity contribution in [1.29, 1.82) is 0 Å². The highest BCUT2D eigenvalue weighted by molar-refractivity contribution is 5.81. The highest BCUT2D eigenvalue weighted by Crippen LogP contribution is 2.36.